The molecule has 0 aliphatic carbocycles. The molecule has 0 unspecified atom stereocenters. The van der Waals surface area contributed by atoms with Crippen molar-refractivity contribution in [2.75, 3.05) is 19.7 Å². The van der Waals surface area contributed by atoms with Gasteiger partial charge in [-0.25, -0.2) is 4.98 Å². The molecular formula is C22H25N5O2S. The molecule has 2 aliphatic heterocycles. The molecule has 2 aliphatic rings. The first-order valence-electron chi connectivity index (χ1n) is 10.4. The highest BCUT2D eigenvalue weighted by Crippen LogP contribution is 2.40. The number of amides is 1. The quantitative estimate of drug-likeness (QED) is 0.673. The third-order valence-corrected chi connectivity index (χ3v) is 7.11. The molecule has 0 bridgehead atoms. The van der Waals surface area contributed by atoms with Crippen molar-refractivity contribution >= 4 is 17.2 Å². The third-order valence-electron chi connectivity index (χ3n) is 6.14. The van der Waals surface area contributed by atoms with Crippen LogP contribution in [0.1, 0.15) is 51.2 Å². The molecule has 30 heavy (non-hydrogen) atoms. The first kappa shape index (κ1) is 19.4. The number of likely N-dealkylation sites (tertiary alicyclic amines) is 1. The summed E-state index contributed by atoms with van der Waals surface area (Å²) in [5.74, 6) is -0.0279. The van der Waals surface area contributed by atoms with Gasteiger partial charge in [0.2, 0.25) is 0 Å². The zero-order valence-corrected chi connectivity index (χ0v) is 17.5. The summed E-state index contributed by atoms with van der Waals surface area (Å²) >= 11 is 1.46. The summed E-state index contributed by atoms with van der Waals surface area (Å²) in [4.78, 5) is 19.5. The summed E-state index contributed by atoms with van der Waals surface area (Å²) in [5.41, 5.74) is 9.98. The fraction of sp³-hybridized carbons (Fsp3) is 0.409. The molecule has 5 rings (SSSR count). The summed E-state index contributed by atoms with van der Waals surface area (Å²) in [5, 5.41) is 9.95. The molecule has 1 saturated heterocycles. The van der Waals surface area contributed by atoms with E-state index in [9.17, 15) is 4.79 Å². The van der Waals surface area contributed by atoms with Crippen LogP contribution in [0, 0.1) is 0 Å². The highest BCUT2D eigenvalue weighted by molar-refractivity contribution is 7.09. The van der Waals surface area contributed by atoms with Gasteiger partial charge in [-0.15, -0.1) is 11.3 Å². The summed E-state index contributed by atoms with van der Waals surface area (Å²) in [6.45, 7) is 1.98. The van der Waals surface area contributed by atoms with Gasteiger partial charge in [-0.1, -0.05) is 30.3 Å². The summed E-state index contributed by atoms with van der Waals surface area (Å²) < 4.78 is 6.18. The summed E-state index contributed by atoms with van der Waals surface area (Å²) in [6, 6.07) is 9.90. The van der Waals surface area contributed by atoms with Crippen molar-refractivity contribution < 1.29 is 9.53 Å². The highest BCUT2D eigenvalue weighted by Gasteiger charge is 2.43. The maximum atomic E-state index is 13.0. The van der Waals surface area contributed by atoms with Crippen LogP contribution in [0.15, 0.2) is 41.9 Å². The number of carbonyl (C=O) groups is 1. The number of carbonyl (C=O) groups excluding carboxylic acids is 1. The van der Waals surface area contributed by atoms with E-state index < -0.39 is 0 Å². The van der Waals surface area contributed by atoms with Gasteiger partial charge in [0.15, 0.2) is 0 Å². The molecule has 156 valence electrons. The second-order valence-corrected chi connectivity index (χ2v) is 8.91. The van der Waals surface area contributed by atoms with Gasteiger partial charge in [0.05, 0.1) is 24.5 Å². The number of fused-ring (bicyclic) bond motifs is 2. The van der Waals surface area contributed by atoms with Crippen LogP contribution < -0.4 is 5.73 Å². The van der Waals surface area contributed by atoms with E-state index in [2.05, 4.69) is 27.3 Å². The minimum atomic E-state index is -0.341. The van der Waals surface area contributed by atoms with Crippen LogP contribution in [-0.4, -0.2) is 45.7 Å². The number of nitrogens with zero attached hydrogens (tertiary/aromatic N) is 3. The van der Waals surface area contributed by atoms with Gasteiger partial charge in [0.25, 0.3) is 5.91 Å². The number of thiazole rings is 1. The molecule has 1 fully saturated rings. The van der Waals surface area contributed by atoms with Crippen molar-refractivity contribution in [1.29, 1.82) is 0 Å². The first-order chi connectivity index (χ1) is 14.6. The molecule has 1 amide bonds. The Kier molecular flexibility index (Phi) is 5.14. The van der Waals surface area contributed by atoms with Crippen molar-refractivity contribution in [3.05, 3.63) is 69.4 Å². The minimum Gasteiger partial charge on any atom is -0.368 e. The van der Waals surface area contributed by atoms with Crippen molar-refractivity contribution in [2.24, 2.45) is 5.73 Å². The molecule has 1 aromatic carbocycles. The summed E-state index contributed by atoms with van der Waals surface area (Å²) in [6.07, 6.45) is 5.02. The van der Waals surface area contributed by atoms with Gasteiger partial charge in [-0.2, -0.15) is 5.10 Å². The van der Waals surface area contributed by atoms with E-state index in [0.717, 1.165) is 30.0 Å². The number of H-pyrrole nitrogens is 1. The molecule has 3 N–H and O–H groups in total. The monoisotopic (exact) mass is 423 g/mol. The first-order valence-corrected chi connectivity index (χ1v) is 11.2. The molecule has 0 saturated carbocycles. The van der Waals surface area contributed by atoms with Crippen molar-refractivity contribution in [3.63, 3.8) is 0 Å². The van der Waals surface area contributed by atoms with Crippen LogP contribution >= 0.6 is 11.3 Å². The average Bonchev–Trinajstić information content (AvgIpc) is 3.45. The number of rotatable bonds is 4. The minimum absolute atomic E-state index is 0.0279. The molecule has 2 aromatic heterocycles. The number of piperidine rings is 1. The number of nitrogens with one attached hydrogen (secondary N) is 1. The zero-order valence-electron chi connectivity index (χ0n) is 16.7. The van der Waals surface area contributed by atoms with Crippen LogP contribution in [0.3, 0.4) is 0 Å². The van der Waals surface area contributed by atoms with Crippen molar-refractivity contribution in [2.45, 2.75) is 37.3 Å². The fourth-order valence-electron chi connectivity index (χ4n) is 4.46. The number of benzene rings is 1. The second-order valence-electron chi connectivity index (χ2n) is 8.02. The number of ether oxygens (including phenoxy) is 1. The van der Waals surface area contributed by atoms with E-state index in [-0.39, 0.29) is 17.6 Å². The van der Waals surface area contributed by atoms with E-state index in [4.69, 9.17) is 10.5 Å². The van der Waals surface area contributed by atoms with E-state index in [1.807, 2.05) is 34.7 Å². The zero-order chi connectivity index (χ0) is 20.6. The van der Waals surface area contributed by atoms with Crippen molar-refractivity contribution in [1.82, 2.24) is 20.1 Å². The van der Waals surface area contributed by atoms with Gasteiger partial charge in [-0.05, 0) is 36.8 Å². The Balaban J connectivity index is 1.24. The number of aromatic nitrogens is 3. The molecule has 3 aromatic rings. The van der Waals surface area contributed by atoms with E-state index >= 15 is 0 Å². The molecule has 1 spiro atoms. The van der Waals surface area contributed by atoms with Crippen LogP contribution in [0.25, 0.3) is 0 Å². The van der Waals surface area contributed by atoms with E-state index in [1.165, 1.54) is 22.5 Å². The fourth-order valence-corrected chi connectivity index (χ4v) is 5.26. The lowest BCUT2D eigenvalue weighted by molar-refractivity contribution is -0.0962. The van der Waals surface area contributed by atoms with E-state index in [0.29, 0.717) is 31.8 Å². The Labute approximate surface area is 179 Å². The largest absolute Gasteiger partial charge is 0.368 e. The lowest BCUT2D eigenvalue weighted by Crippen LogP contribution is -2.48. The maximum absolute atomic E-state index is 13.0. The van der Waals surface area contributed by atoms with Gasteiger partial charge in [0, 0.05) is 18.5 Å². The molecule has 7 nitrogen and oxygen atoms in total. The Morgan fingerprint density at radius 2 is 2.10 bits per heavy atom. The Bertz CT molecular complexity index is 1020. The normalized spacial score (nSPS) is 18.9. The van der Waals surface area contributed by atoms with Crippen LogP contribution in [0.4, 0.5) is 0 Å². The lowest BCUT2D eigenvalue weighted by atomic mass is 9.83. The third kappa shape index (κ3) is 3.55. The standard InChI is InChI=1S/C22H25N5O2S/c23-17(12-15-4-2-1-3-5-15)20-25-18(14-30-20)21(28)27-9-7-22(8-10-27)19-16(6-11-29-22)13-24-26-19/h1-5,13-14,17H,6-12,23H2,(H,24,26)/t17-/m0/s1. The SMILES string of the molecule is N[C@@H](Cc1ccccc1)c1nc(C(=O)N2CCC3(CC2)OCCc2cn[nH]c23)cs1. The molecule has 4 heterocycles. The van der Waals surface area contributed by atoms with Gasteiger partial charge >= 0.3 is 0 Å². The maximum Gasteiger partial charge on any atom is 0.273 e. The summed E-state index contributed by atoms with van der Waals surface area (Å²) in [7, 11) is 0. The average molecular weight is 424 g/mol. The van der Waals surface area contributed by atoms with Gasteiger partial charge in [0.1, 0.15) is 16.3 Å². The Hall–Kier alpha value is -2.55. The van der Waals surface area contributed by atoms with Gasteiger partial charge in [-0.3, -0.25) is 9.89 Å². The predicted octanol–water partition coefficient (Wildman–Crippen LogP) is 2.81. The van der Waals surface area contributed by atoms with Crippen molar-refractivity contribution in [3.8, 4) is 0 Å². The molecule has 0 radical (unpaired) electrons. The number of aromatic amines is 1. The Morgan fingerprint density at radius 1 is 1.30 bits per heavy atom. The molecular weight excluding hydrogens is 398 g/mol. The smallest absolute Gasteiger partial charge is 0.273 e. The number of nitrogens with two attached hydrogens (primary N) is 1. The van der Waals surface area contributed by atoms with Crippen LogP contribution in [-0.2, 0) is 23.2 Å². The number of hydrogen-bond acceptors (Lipinski definition) is 6. The van der Waals surface area contributed by atoms with Crippen LogP contribution in [0.2, 0.25) is 0 Å². The van der Waals surface area contributed by atoms with Crippen LogP contribution in [0.5, 0.6) is 0 Å². The number of hydrogen-bond donors (Lipinski definition) is 2. The van der Waals surface area contributed by atoms with E-state index in [1.54, 1.807) is 0 Å². The van der Waals surface area contributed by atoms with Gasteiger partial charge < -0.3 is 15.4 Å². The topological polar surface area (TPSA) is 97.1 Å². The highest BCUT2D eigenvalue weighted by atomic mass is 32.1. The molecule has 1 atom stereocenters. The molecule has 8 heteroatoms. The predicted molar refractivity (Wildman–Crippen MR) is 114 cm³/mol. The lowest BCUT2D eigenvalue weighted by Gasteiger charge is -2.43. The Morgan fingerprint density at radius 3 is 2.90 bits per heavy atom. The second kappa shape index (κ2) is 7.94.